The van der Waals surface area contributed by atoms with Gasteiger partial charge in [0.25, 0.3) is 0 Å². The second-order valence-electron chi connectivity index (χ2n) is 6.44. The average molecular weight is 265 g/mol. The summed E-state index contributed by atoms with van der Waals surface area (Å²) in [6, 6.07) is 0. The van der Waals surface area contributed by atoms with Gasteiger partial charge in [-0.15, -0.1) is 0 Å². The molecule has 0 aromatic rings. The number of carbonyl (C=O) groups excluding carboxylic acids is 2. The van der Waals surface area contributed by atoms with Gasteiger partial charge in [0, 0.05) is 11.8 Å². The fraction of sp³-hybridized carbons (Fsp3) is 0.800. The Morgan fingerprint density at radius 2 is 1.89 bits per heavy atom. The van der Waals surface area contributed by atoms with Crippen LogP contribution in [0, 0.1) is 11.8 Å². The predicted octanol–water partition coefficient (Wildman–Crippen LogP) is 2.55. The highest BCUT2D eigenvalue weighted by atomic mass is 16.5. The molecule has 1 aliphatic carbocycles. The molecule has 0 radical (unpaired) electrons. The Bertz CT molecular complexity index is 404. The molecule has 0 atom stereocenters. The van der Waals surface area contributed by atoms with Crippen LogP contribution in [0.5, 0.6) is 0 Å². The highest BCUT2D eigenvalue weighted by Gasteiger charge is 2.34. The van der Waals surface area contributed by atoms with Crippen LogP contribution in [0.3, 0.4) is 0 Å². The first-order valence-electron chi connectivity index (χ1n) is 7.12. The van der Waals surface area contributed by atoms with E-state index in [2.05, 4.69) is 18.8 Å². The van der Waals surface area contributed by atoms with Gasteiger partial charge in [-0.05, 0) is 46.5 Å². The number of rotatable bonds is 4. The molecule has 0 saturated heterocycles. The van der Waals surface area contributed by atoms with Crippen LogP contribution in [0.1, 0.15) is 52.9 Å². The lowest BCUT2D eigenvalue weighted by Gasteiger charge is -2.26. The van der Waals surface area contributed by atoms with Crippen molar-refractivity contribution in [1.82, 2.24) is 0 Å². The lowest BCUT2D eigenvalue weighted by atomic mass is 9.79. The third-order valence-electron chi connectivity index (χ3n) is 3.94. The van der Waals surface area contributed by atoms with E-state index in [1.54, 1.807) is 0 Å². The minimum atomic E-state index is -0.101. The lowest BCUT2D eigenvalue weighted by Crippen LogP contribution is -2.27. The lowest BCUT2D eigenvalue weighted by molar-refractivity contribution is -0.129. The number of ketones is 2. The maximum absolute atomic E-state index is 11.9. The Morgan fingerprint density at radius 1 is 1.26 bits per heavy atom. The summed E-state index contributed by atoms with van der Waals surface area (Å²) in [6.07, 6.45) is 3.71. The first kappa shape index (κ1) is 14.2. The zero-order valence-corrected chi connectivity index (χ0v) is 12.1. The van der Waals surface area contributed by atoms with Gasteiger partial charge in [-0.3, -0.25) is 9.59 Å². The minimum Gasteiger partial charge on any atom is -0.478 e. The third-order valence-corrected chi connectivity index (χ3v) is 3.94. The van der Waals surface area contributed by atoms with Crippen molar-refractivity contribution in [3.8, 4) is 0 Å². The highest BCUT2D eigenvalue weighted by Crippen LogP contribution is 2.33. The predicted molar refractivity (Wildman–Crippen MR) is 73.2 cm³/mol. The van der Waals surface area contributed by atoms with E-state index in [0.29, 0.717) is 12.5 Å². The molecule has 0 unspecified atom stereocenters. The quantitative estimate of drug-likeness (QED) is 0.734. The van der Waals surface area contributed by atoms with Crippen LogP contribution in [0.2, 0.25) is 0 Å². The Labute approximate surface area is 114 Å². The van der Waals surface area contributed by atoms with Crippen LogP contribution < -0.4 is 0 Å². The van der Waals surface area contributed by atoms with Gasteiger partial charge in [-0.2, -0.15) is 0 Å². The third kappa shape index (κ3) is 3.64. The van der Waals surface area contributed by atoms with Crippen LogP contribution in [-0.2, 0) is 14.3 Å². The van der Waals surface area contributed by atoms with Crippen LogP contribution in [0.15, 0.2) is 4.99 Å². The molecule has 2 aliphatic rings. The first-order valence-corrected chi connectivity index (χ1v) is 7.12. The van der Waals surface area contributed by atoms with Crippen molar-refractivity contribution in [1.29, 1.82) is 0 Å². The number of hydrogen-bond acceptors (Lipinski definition) is 4. The molecule has 0 amide bonds. The van der Waals surface area contributed by atoms with Gasteiger partial charge in [0.1, 0.15) is 18.2 Å². The average Bonchev–Trinajstić information content (AvgIpc) is 2.69. The molecule has 106 valence electrons. The maximum Gasteiger partial charge on any atom is 0.187 e. The number of ether oxygens (including phenoxy) is 1. The van der Waals surface area contributed by atoms with Crippen molar-refractivity contribution in [2.45, 2.75) is 58.4 Å². The summed E-state index contributed by atoms with van der Waals surface area (Å²) in [6.45, 7) is 6.28. The fourth-order valence-corrected chi connectivity index (χ4v) is 2.87. The Balaban J connectivity index is 1.86. The second kappa shape index (κ2) is 5.43. The van der Waals surface area contributed by atoms with E-state index in [0.717, 1.165) is 31.6 Å². The molecule has 0 aromatic heterocycles. The Hall–Kier alpha value is -1.19. The first-order chi connectivity index (χ1) is 8.87. The zero-order valence-electron chi connectivity index (χ0n) is 12.1. The largest absolute Gasteiger partial charge is 0.478 e. The van der Waals surface area contributed by atoms with E-state index >= 15 is 0 Å². The minimum absolute atomic E-state index is 0.0302. The molecule has 0 bridgehead atoms. The van der Waals surface area contributed by atoms with E-state index in [1.165, 1.54) is 6.92 Å². The van der Waals surface area contributed by atoms with E-state index in [1.807, 2.05) is 0 Å². The highest BCUT2D eigenvalue weighted by molar-refractivity contribution is 5.99. The van der Waals surface area contributed by atoms with Crippen molar-refractivity contribution in [3.05, 3.63) is 0 Å². The van der Waals surface area contributed by atoms with Crippen LogP contribution in [-0.4, -0.2) is 29.6 Å². The summed E-state index contributed by atoms with van der Waals surface area (Å²) in [4.78, 5) is 27.5. The number of Topliss-reactive ketones (excluding diaryl/α,β-unsaturated/α-hetero) is 2. The molecule has 4 heteroatoms. The van der Waals surface area contributed by atoms with Gasteiger partial charge in [0.15, 0.2) is 5.90 Å². The molecular formula is C15H23NO3. The number of hydrogen-bond donors (Lipinski definition) is 0. The molecule has 1 aliphatic heterocycles. The smallest absolute Gasteiger partial charge is 0.187 e. The molecule has 4 nitrogen and oxygen atoms in total. The zero-order chi connectivity index (χ0) is 14.0. The van der Waals surface area contributed by atoms with E-state index in [-0.39, 0.29) is 29.4 Å². The number of aliphatic imine (C=N–C) groups is 1. The monoisotopic (exact) mass is 265 g/mol. The summed E-state index contributed by atoms with van der Waals surface area (Å²) in [7, 11) is 0. The molecule has 0 N–H and O–H groups in total. The van der Waals surface area contributed by atoms with Crippen molar-refractivity contribution in [2.24, 2.45) is 16.8 Å². The van der Waals surface area contributed by atoms with Crippen molar-refractivity contribution in [2.75, 3.05) is 6.61 Å². The van der Waals surface area contributed by atoms with Crippen LogP contribution in [0.4, 0.5) is 0 Å². The van der Waals surface area contributed by atoms with Crippen molar-refractivity contribution < 1.29 is 14.3 Å². The van der Waals surface area contributed by atoms with Crippen molar-refractivity contribution >= 4 is 17.5 Å². The molecule has 1 saturated carbocycles. The summed E-state index contributed by atoms with van der Waals surface area (Å²) in [5.41, 5.74) is -0.101. The van der Waals surface area contributed by atoms with Gasteiger partial charge >= 0.3 is 0 Å². The Morgan fingerprint density at radius 3 is 2.37 bits per heavy atom. The SMILES string of the molecule is CC(=O)CC(=O)C1CCC(C2=NC(C)(C)CO2)CC1. The Kier molecular flexibility index (Phi) is 4.07. The van der Waals surface area contributed by atoms with E-state index < -0.39 is 0 Å². The van der Waals surface area contributed by atoms with E-state index in [9.17, 15) is 9.59 Å². The van der Waals surface area contributed by atoms with Gasteiger partial charge < -0.3 is 4.74 Å². The summed E-state index contributed by atoms with van der Waals surface area (Å²) in [5, 5.41) is 0. The van der Waals surface area contributed by atoms with Gasteiger partial charge in [-0.1, -0.05) is 0 Å². The summed E-state index contributed by atoms with van der Waals surface area (Å²) < 4.78 is 5.68. The molecule has 0 aromatic carbocycles. The van der Waals surface area contributed by atoms with E-state index in [4.69, 9.17) is 4.74 Å². The molecule has 0 spiro atoms. The number of carbonyl (C=O) groups is 2. The van der Waals surface area contributed by atoms with Crippen LogP contribution >= 0.6 is 0 Å². The van der Waals surface area contributed by atoms with Gasteiger partial charge in [0.2, 0.25) is 0 Å². The summed E-state index contributed by atoms with van der Waals surface area (Å²) >= 11 is 0. The van der Waals surface area contributed by atoms with Gasteiger partial charge in [-0.25, -0.2) is 4.99 Å². The second-order valence-corrected chi connectivity index (χ2v) is 6.44. The maximum atomic E-state index is 11.9. The molecule has 2 rings (SSSR count). The molecule has 19 heavy (non-hydrogen) atoms. The summed E-state index contributed by atoms with van der Waals surface area (Å²) in [5.74, 6) is 1.39. The molecule has 1 fully saturated rings. The molecule has 1 heterocycles. The van der Waals surface area contributed by atoms with Crippen LogP contribution in [0.25, 0.3) is 0 Å². The number of nitrogens with zero attached hydrogens (tertiary/aromatic N) is 1. The topological polar surface area (TPSA) is 55.7 Å². The molecular weight excluding hydrogens is 242 g/mol. The van der Waals surface area contributed by atoms with Crippen molar-refractivity contribution in [3.63, 3.8) is 0 Å². The van der Waals surface area contributed by atoms with Gasteiger partial charge in [0.05, 0.1) is 12.0 Å². The fourth-order valence-electron chi connectivity index (χ4n) is 2.87. The standard InChI is InChI=1S/C15H23NO3/c1-10(17)8-13(18)11-4-6-12(7-5-11)14-16-15(2,3)9-19-14/h11-12H,4-9H2,1-3H3. The normalized spacial score (nSPS) is 29.5.